The van der Waals surface area contributed by atoms with Gasteiger partial charge in [0.15, 0.2) is 0 Å². The number of nitrogens with zero attached hydrogens (tertiary/aromatic N) is 3. The summed E-state index contributed by atoms with van der Waals surface area (Å²) in [5, 5.41) is 6.05. The first-order valence-electron chi connectivity index (χ1n) is 7.07. The van der Waals surface area contributed by atoms with Crippen LogP contribution in [-0.4, -0.2) is 14.6 Å². The second-order valence-corrected chi connectivity index (χ2v) is 5.98. The Bertz CT molecular complexity index is 791. The van der Waals surface area contributed by atoms with Gasteiger partial charge in [0, 0.05) is 6.42 Å². The van der Waals surface area contributed by atoms with Crippen molar-refractivity contribution in [2.75, 3.05) is 0 Å². The Morgan fingerprint density at radius 1 is 1.20 bits per heavy atom. The monoisotopic (exact) mass is 287 g/mol. The van der Waals surface area contributed by atoms with Crippen LogP contribution >= 0.6 is 11.3 Å². The maximum Gasteiger partial charge on any atom is 0.283 e. The number of benzene rings is 1. The highest BCUT2D eigenvalue weighted by Gasteiger charge is 2.10. The summed E-state index contributed by atoms with van der Waals surface area (Å²) >= 11 is 1.53. The Morgan fingerprint density at radius 2 is 2.05 bits per heavy atom. The first-order chi connectivity index (χ1) is 9.79. The quantitative estimate of drug-likeness (QED) is 0.675. The molecule has 0 saturated heterocycles. The third kappa shape index (κ3) is 2.45. The van der Waals surface area contributed by atoms with Crippen molar-refractivity contribution < 1.29 is 0 Å². The molecule has 20 heavy (non-hydrogen) atoms. The molecule has 0 amide bonds. The van der Waals surface area contributed by atoms with Crippen LogP contribution in [0.4, 0.5) is 0 Å². The SMILES string of the molecule is CCCCCCc1nn2c(=O)c3ccccc3nc2s1. The van der Waals surface area contributed by atoms with Crippen molar-refractivity contribution in [1.29, 1.82) is 0 Å². The van der Waals surface area contributed by atoms with Gasteiger partial charge in [-0.25, -0.2) is 4.98 Å². The van der Waals surface area contributed by atoms with Gasteiger partial charge < -0.3 is 0 Å². The largest absolute Gasteiger partial charge is 0.283 e. The molecule has 1 aromatic carbocycles. The van der Waals surface area contributed by atoms with E-state index in [1.54, 1.807) is 6.07 Å². The smallest absolute Gasteiger partial charge is 0.267 e. The van der Waals surface area contributed by atoms with E-state index < -0.39 is 0 Å². The van der Waals surface area contributed by atoms with Crippen molar-refractivity contribution in [1.82, 2.24) is 14.6 Å². The van der Waals surface area contributed by atoms with Gasteiger partial charge in [0.25, 0.3) is 5.56 Å². The normalized spacial score (nSPS) is 11.4. The Labute approximate surface area is 121 Å². The zero-order valence-corrected chi connectivity index (χ0v) is 12.3. The Morgan fingerprint density at radius 3 is 2.90 bits per heavy atom. The van der Waals surface area contributed by atoms with Gasteiger partial charge in [-0.05, 0) is 18.6 Å². The lowest BCUT2D eigenvalue weighted by Crippen LogP contribution is -2.15. The van der Waals surface area contributed by atoms with Crippen molar-refractivity contribution in [3.63, 3.8) is 0 Å². The molecule has 0 spiro atoms. The van der Waals surface area contributed by atoms with Crippen LogP contribution in [0.15, 0.2) is 29.1 Å². The average Bonchev–Trinajstić information content (AvgIpc) is 2.87. The van der Waals surface area contributed by atoms with Gasteiger partial charge in [-0.3, -0.25) is 4.79 Å². The fourth-order valence-corrected chi connectivity index (χ4v) is 3.23. The molecule has 0 aliphatic rings. The van der Waals surface area contributed by atoms with Crippen LogP contribution in [0.5, 0.6) is 0 Å². The molecule has 0 bridgehead atoms. The molecule has 0 aliphatic carbocycles. The van der Waals surface area contributed by atoms with E-state index in [9.17, 15) is 4.79 Å². The summed E-state index contributed by atoms with van der Waals surface area (Å²) in [6.45, 7) is 2.20. The van der Waals surface area contributed by atoms with Crippen LogP contribution in [-0.2, 0) is 6.42 Å². The van der Waals surface area contributed by atoms with Crippen LogP contribution in [0.25, 0.3) is 15.9 Å². The van der Waals surface area contributed by atoms with E-state index >= 15 is 0 Å². The molecular weight excluding hydrogens is 270 g/mol. The van der Waals surface area contributed by atoms with Crippen LogP contribution in [0.1, 0.15) is 37.6 Å². The van der Waals surface area contributed by atoms with E-state index in [-0.39, 0.29) is 5.56 Å². The zero-order valence-electron chi connectivity index (χ0n) is 11.5. The maximum absolute atomic E-state index is 12.3. The standard InChI is InChI=1S/C15H17N3OS/c1-2-3-4-5-10-13-17-18-14(19)11-8-6-7-9-12(11)16-15(18)20-13/h6-9H,2-5,10H2,1H3. The van der Waals surface area contributed by atoms with E-state index in [4.69, 9.17) is 0 Å². The topological polar surface area (TPSA) is 47.3 Å². The fourth-order valence-electron chi connectivity index (χ4n) is 2.30. The van der Waals surface area contributed by atoms with E-state index in [0.717, 1.165) is 23.4 Å². The molecule has 0 radical (unpaired) electrons. The maximum atomic E-state index is 12.3. The van der Waals surface area contributed by atoms with E-state index in [1.165, 1.54) is 35.1 Å². The van der Waals surface area contributed by atoms with Crippen LogP contribution in [0, 0.1) is 0 Å². The Kier molecular flexibility index (Phi) is 3.78. The molecule has 3 rings (SSSR count). The predicted octanol–water partition coefficient (Wildman–Crippen LogP) is 3.43. The minimum Gasteiger partial charge on any atom is -0.267 e. The number of aromatic nitrogens is 3. The first kappa shape index (κ1) is 13.2. The number of hydrogen-bond donors (Lipinski definition) is 0. The van der Waals surface area contributed by atoms with Crippen molar-refractivity contribution in [2.24, 2.45) is 0 Å². The molecular formula is C15H17N3OS. The minimum atomic E-state index is -0.0679. The van der Waals surface area contributed by atoms with Crippen molar-refractivity contribution in [3.05, 3.63) is 39.6 Å². The predicted molar refractivity (Wildman–Crippen MR) is 82.5 cm³/mol. The highest BCUT2D eigenvalue weighted by atomic mass is 32.1. The van der Waals surface area contributed by atoms with E-state index in [1.807, 2.05) is 18.2 Å². The molecule has 0 N–H and O–H groups in total. The van der Waals surface area contributed by atoms with E-state index in [0.29, 0.717) is 10.3 Å². The van der Waals surface area contributed by atoms with Crippen LogP contribution in [0.3, 0.4) is 0 Å². The summed E-state index contributed by atoms with van der Waals surface area (Å²) in [4.78, 5) is 17.6. The lowest BCUT2D eigenvalue weighted by molar-refractivity contribution is 0.660. The first-order valence-corrected chi connectivity index (χ1v) is 7.88. The van der Waals surface area contributed by atoms with Gasteiger partial charge in [0.1, 0.15) is 5.01 Å². The summed E-state index contributed by atoms with van der Waals surface area (Å²) in [5.74, 6) is 0. The molecule has 3 aromatic rings. The number of para-hydroxylation sites is 1. The van der Waals surface area contributed by atoms with Gasteiger partial charge >= 0.3 is 0 Å². The summed E-state index contributed by atoms with van der Waals surface area (Å²) in [6, 6.07) is 7.43. The summed E-state index contributed by atoms with van der Waals surface area (Å²) in [6.07, 6.45) is 5.77. The van der Waals surface area contributed by atoms with Crippen LogP contribution in [0.2, 0.25) is 0 Å². The van der Waals surface area contributed by atoms with Crippen molar-refractivity contribution in [2.45, 2.75) is 39.0 Å². The third-order valence-electron chi connectivity index (χ3n) is 3.39. The number of rotatable bonds is 5. The Balaban J connectivity index is 1.96. The molecule has 5 heteroatoms. The number of aryl methyl sites for hydroxylation is 1. The number of unbranched alkanes of at least 4 members (excludes halogenated alkanes) is 3. The zero-order chi connectivity index (χ0) is 13.9. The van der Waals surface area contributed by atoms with Gasteiger partial charge in [0.2, 0.25) is 4.96 Å². The lowest BCUT2D eigenvalue weighted by Gasteiger charge is -1.95. The minimum absolute atomic E-state index is 0.0679. The van der Waals surface area contributed by atoms with Gasteiger partial charge in [0.05, 0.1) is 10.9 Å². The molecule has 0 aliphatic heterocycles. The molecule has 2 heterocycles. The van der Waals surface area contributed by atoms with Gasteiger partial charge in [-0.1, -0.05) is 49.7 Å². The summed E-state index contributed by atoms with van der Waals surface area (Å²) in [7, 11) is 0. The molecule has 0 saturated carbocycles. The highest BCUT2D eigenvalue weighted by Crippen LogP contribution is 2.17. The van der Waals surface area contributed by atoms with Gasteiger partial charge in [-0.2, -0.15) is 9.61 Å². The molecule has 4 nitrogen and oxygen atoms in total. The second kappa shape index (κ2) is 5.71. The van der Waals surface area contributed by atoms with Gasteiger partial charge in [-0.15, -0.1) is 0 Å². The highest BCUT2D eigenvalue weighted by molar-refractivity contribution is 7.16. The van der Waals surface area contributed by atoms with E-state index in [2.05, 4.69) is 17.0 Å². The number of hydrogen-bond acceptors (Lipinski definition) is 4. The van der Waals surface area contributed by atoms with Crippen molar-refractivity contribution >= 4 is 27.2 Å². The number of fused-ring (bicyclic) bond motifs is 2. The molecule has 0 fully saturated rings. The molecule has 0 atom stereocenters. The molecule has 2 aromatic heterocycles. The lowest BCUT2D eigenvalue weighted by atomic mass is 10.2. The molecule has 0 unspecified atom stereocenters. The summed E-state index contributed by atoms with van der Waals surface area (Å²) < 4.78 is 1.45. The third-order valence-corrected chi connectivity index (χ3v) is 4.36. The van der Waals surface area contributed by atoms with Crippen LogP contribution < -0.4 is 5.56 Å². The Hall–Kier alpha value is -1.75. The second-order valence-electron chi connectivity index (χ2n) is 4.93. The fraction of sp³-hybridized carbons (Fsp3) is 0.400. The molecule has 104 valence electrons. The van der Waals surface area contributed by atoms with Crippen molar-refractivity contribution in [3.8, 4) is 0 Å². The summed E-state index contributed by atoms with van der Waals surface area (Å²) in [5.41, 5.74) is 0.681. The average molecular weight is 287 g/mol.